The fourth-order valence-corrected chi connectivity index (χ4v) is 10.0. The molecule has 2 radical (unpaired) electrons. The third-order valence-corrected chi connectivity index (χ3v) is 13.3. The number of fused-ring (bicyclic) bond motifs is 2. The van der Waals surface area contributed by atoms with Crippen molar-refractivity contribution in [3.05, 3.63) is 132 Å². The molecule has 0 amide bonds. The maximum atomic E-state index is 4.93. The average molecular weight is 907 g/mol. The van der Waals surface area contributed by atoms with E-state index in [9.17, 15) is 0 Å². The molecule has 0 unspecified atom stereocenters. The monoisotopic (exact) mass is 904 g/mol. The van der Waals surface area contributed by atoms with Crippen LogP contribution >= 0.6 is 17.0 Å². The fraction of sp³-hybridized carbons (Fsp3) is 0.444. The molecule has 306 valence electrons. The molecule has 6 aromatic carbocycles. The molecule has 2 aliphatic carbocycles. The van der Waals surface area contributed by atoms with E-state index < -0.39 is 20.8 Å². The molecule has 2 aliphatic rings. The molecule has 0 bridgehead atoms. The maximum absolute atomic E-state index is 4.93. The molecule has 0 nitrogen and oxygen atoms in total. The van der Waals surface area contributed by atoms with Crippen molar-refractivity contribution >= 4 is 48.1 Å². The van der Waals surface area contributed by atoms with E-state index in [0.29, 0.717) is 10.8 Å². The fourth-order valence-electron chi connectivity index (χ4n) is 10.0. The van der Waals surface area contributed by atoms with Gasteiger partial charge in [0.1, 0.15) is 0 Å². The first kappa shape index (κ1) is 46.8. The van der Waals surface area contributed by atoms with Gasteiger partial charge in [0.05, 0.1) is 0 Å². The summed E-state index contributed by atoms with van der Waals surface area (Å²) in [7, 11) is 11.0. The summed E-state index contributed by atoms with van der Waals surface area (Å²) >= 11 is -0.826. The predicted octanol–water partition coefficient (Wildman–Crippen LogP) is 18.0. The summed E-state index contributed by atoms with van der Waals surface area (Å²) in [6.45, 7) is 9.14. The van der Waals surface area contributed by atoms with Gasteiger partial charge in [0, 0.05) is 9.52 Å². The molecular formula is C54H68Cl2SiZr. The molecule has 2 fully saturated rings. The van der Waals surface area contributed by atoms with Gasteiger partial charge in [0.25, 0.3) is 0 Å². The van der Waals surface area contributed by atoms with Crippen LogP contribution in [0.4, 0.5) is 0 Å². The molecule has 0 atom stereocenters. The van der Waals surface area contributed by atoms with E-state index in [0.717, 1.165) is 9.52 Å². The van der Waals surface area contributed by atoms with Gasteiger partial charge in [-0.2, -0.15) is 12.1 Å². The van der Waals surface area contributed by atoms with Crippen molar-refractivity contribution in [3.8, 4) is 22.3 Å². The van der Waals surface area contributed by atoms with Crippen molar-refractivity contribution in [2.45, 2.75) is 143 Å². The van der Waals surface area contributed by atoms with Gasteiger partial charge in [-0.05, 0) is 60.5 Å². The Bertz CT molecular complexity index is 1860. The average Bonchev–Trinajstić information content (AvgIpc) is 3.85. The van der Waals surface area contributed by atoms with Crippen molar-refractivity contribution in [2.75, 3.05) is 0 Å². The number of halogens is 2. The summed E-state index contributed by atoms with van der Waals surface area (Å²) in [5.74, 6) is 0. The van der Waals surface area contributed by atoms with Gasteiger partial charge in [-0.15, -0.1) is 69.1 Å². The van der Waals surface area contributed by atoms with E-state index in [1.165, 1.54) is 159 Å². The van der Waals surface area contributed by atoms with Crippen LogP contribution in [0.3, 0.4) is 0 Å². The zero-order valence-electron chi connectivity index (χ0n) is 36.0. The van der Waals surface area contributed by atoms with Crippen molar-refractivity contribution in [3.63, 3.8) is 0 Å². The van der Waals surface area contributed by atoms with Crippen LogP contribution in [0.5, 0.6) is 0 Å². The Hall–Kier alpha value is -2.22. The second-order valence-electron chi connectivity index (χ2n) is 17.2. The summed E-state index contributed by atoms with van der Waals surface area (Å²) < 4.78 is 0. The van der Waals surface area contributed by atoms with E-state index in [2.05, 4.69) is 148 Å². The second kappa shape index (κ2) is 24.9. The standard InChI is InChI=1S/2C26H31.C2H6Si.2ClH.Zr/c2*1-2-26(16-9-4-3-5-10-17-26)20-21-18-23-14-11-15-24(25(23)19-21)22-12-7-6-8-13-22;1-3-2;;;/h2*6-8,11-15,18-19H,2-5,9-10,16-17,20H2,1H3;1-2H3;2*1H;/q2*-1;;;;+4/p-2. The zero-order valence-corrected chi connectivity index (χ0v) is 41.0. The molecule has 0 N–H and O–H groups in total. The van der Waals surface area contributed by atoms with Gasteiger partial charge in [0.15, 0.2) is 0 Å². The molecule has 0 saturated heterocycles. The third kappa shape index (κ3) is 13.4. The Morgan fingerprint density at radius 2 is 0.828 bits per heavy atom. The van der Waals surface area contributed by atoms with E-state index in [1.54, 1.807) is 11.1 Å². The minimum absolute atomic E-state index is 0.526. The first-order valence-corrected chi connectivity index (χ1v) is 30.8. The van der Waals surface area contributed by atoms with Crippen LogP contribution in [-0.4, -0.2) is 9.52 Å². The SMILES string of the molecule is CCC1(Cc2cc3c(-c4ccccc4)cccc3[cH-]2)CCCCCCC1.CCC1(Cc2cc3c(-c4ccccc4)cccc3[cH-]2)CCCCCCC1.C[Si]C.[Cl][Zr+2][Cl]. The van der Waals surface area contributed by atoms with Gasteiger partial charge < -0.3 is 0 Å². The number of hydrogen-bond donors (Lipinski definition) is 0. The Labute approximate surface area is 374 Å². The van der Waals surface area contributed by atoms with E-state index in [-0.39, 0.29) is 0 Å². The van der Waals surface area contributed by atoms with Gasteiger partial charge >= 0.3 is 37.9 Å². The van der Waals surface area contributed by atoms with Gasteiger partial charge in [-0.3, -0.25) is 0 Å². The summed E-state index contributed by atoms with van der Waals surface area (Å²) in [5.41, 5.74) is 9.54. The molecule has 0 heterocycles. The van der Waals surface area contributed by atoms with Crippen molar-refractivity contribution in [1.82, 2.24) is 0 Å². The summed E-state index contributed by atoms with van der Waals surface area (Å²) in [4.78, 5) is 0. The summed E-state index contributed by atoms with van der Waals surface area (Å²) in [5, 5.41) is 5.65. The number of rotatable bonds is 8. The topological polar surface area (TPSA) is 0 Å². The first-order valence-electron chi connectivity index (χ1n) is 22.4. The normalized spacial score (nSPS) is 16.4. The Morgan fingerprint density at radius 1 is 0.500 bits per heavy atom. The van der Waals surface area contributed by atoms with Crippen molar-refractivity contribution in [2.24, 2.45) is 10.8 Å². The van der Waals surface area contributed by atoms with Gasteiger partial charge in [-0.25, -0.2) is 0 Å². The predicted molar refractivity (Wildman–Crippen MR) is 257 cm³/mol. The number of hydrogen-bond acceptors (Lipinski definition) is 0. The minimum atomic E-state index is -0.826. The molecule has 8 rings (SSSR count). The molecule has 6 aromatic rings. The van der Waals surface area contributed by atoms with Crippen LogP contribution in [0.15, 0.2) is 121 Å². The van der Waals surface area contributed by atoms with Crippen LogP contribution < -0.4 is 0 Å². The molecule has 2 saturated carbocycles. The van der Waals surface area contributed by atoms with Crippen molar-refractivity contribution < 1.29 is 20.8 Å². The van der Waals surface area contributed by atoms with Crippen LogP contribution in [-0.2, 0) is 33.7 Å². The molecule has 0 aliphatic heterocycles. The Morgan fingerprint density at radius 3 is 1.16 bits per heavy atom. The van der Waals surface area contributed by atoms with Crippen molar-refractivity contribution in [1.29, 1.82) is 0 Å². The van der Waals surface area contributed by atoms with Gasteiger partial charge in [0.2, 0.25) is 0 Å². The first-order chi connectivity index (χ1) is 28.4. The van der Waals surface area contributed by atoms with E-state index >= 15 is 0 Å². The van der Waals surface area contributed by atoms with E-state index in [1.807, 2.05) is 0 Å². The van der Waals surface area contributed by atoms with Crippen LogP contribution in [0.2, 0.25) is 13.1 Å². The second-order valence-corrected chi connectivity index (χ2v) is 22.0. The Balaban J connectivity index is 0.000000195. The van der Waals surface area contributed by atoms with E-state index in [4.69, 9.17) is 17.0 Å². The van der Waals surface area contributed by atoms with Crippen LogP contribution in [0.1, 0.15) is 128 Å². The number of benzene rings is 4. The third-order valence-electron chi connectivity index (χ3n) is 13.3. The molecule has 4 heteroatoms. The van der Waals surface area contributed by atoms with Gasteiger partial charge in [-0.1, -0.05) is 188 Å². The molecule has 0 aromatic heterocycles. The van der Waals surface area contributed by atoms with Crippen LogP contribution in [0.25, 0.3) is 43.8 Å². The molecule has 0 spiro atoms. The Kier molecular flexibility index (Phi) is 20.1. The summed E-state index contributed by atoms with van der Waals surface area (Å²) in [6.07, 6.45) is 25.1. The zero-order chi connectivity index (χ0) is 41.1. The van der Waals surface area contributed by atoms with Crippen LogP contribution in [0, 0.1) is 10.8 Å². The molecule has 58 heavy (non-hydrogen) atoms. The summed E-state index contributed by atoms with van der Waals surface area (Å²) in [6, 6.07) is 45.0. The quantitative estimate of drug-likeness (QED) is 0.105. The molecular weight excluding hydrogens is 839 g/mol.